The first kappa shape index (κ1) is 31.4. The van der Waals surface area contributed by atoms with Crippen LogP contribution in [0.2, 0.25) is 0 Å². The van der Waals surface area contributed by atoms with Crippen molar-refractivity contribution in [3.05, 3.63) is 24.3 Å². The molecule has 0 radical (unpaired) electrons. The van der Waals surface area contributed by atoms with Gasteiger partial charge in [-0.3, -0.25) is 4.79 Å². The third-order valence-electron chi connectivity index (χ3n) is 13.5. The Morgan fingerprint density at radius 2 is 1.63 bits per heavy atom. The van der Waals surface area contributed by atoms with Crippen LogP contribution in [-0.4, -0.2) is 69.6 Å². The van der Waals surface area contributed by atoms with Crippen molar-refractivity contribution in [1.29, 1.82) is 0 Å². The predicted molar refractivity (Wildman–Crippen MR) is 168 cm³/mol. The number of aliphatic hydroxyl groups is 2. The Morgan fingerprint density at radius 3 is 2.33 bits per heavy atom. The summed E-state index contributed by atoms with van der Waals surface area (Å²) in [4.78, 5) is 15.3. The minimum absolute atomic E-state index is 0.0599. The molecule has 1 aromatic rings. The maximum atomic E-state index is 13.3. The van der Waals surface area contributed by atoms with Crippen molar-refractivity contribution in [2.24, 2.45) is 46.3 Å². The summed E-state index contributed by atoms with van der Waals surface area (Å²) in [5.74, 6) is 4.05. The van der Waals surface area contributed by atoms with Gasteiger partial charge in [0, 0.05) is 32.4 Å². The summed E-state index contributed by atoms with van der Waals surface area (Å²) in [6, 6.07) is 6.85. The number of fused-ring (bicyclic) bond motifs is 5. The normalized spacial score (nSPS) is 40.3. The zero-order valence-electron chi connectivity index (χ0n) is 26.5. The fraction of sp³-hybridized carbons (Fsp3) is 0.800. The van der Waals surface area contributed by atoms with Crippen LogP contribution >= 0.6 is 0 Å². The Hall–Kier alpha value is -1.61. The fourth-order valence-electron chi connectivity index (χ4n) is 11.0. The van der Waals surface area contributed by atoms with Crippen molar-refractivity contribution in [2.45, 2.75) is 116 Å². The summed E-state index contributed by atoms with van der Waals surface area (Å²) in [5, 5.41) is 40.5. The van der Waals surface area contributed by atoms with E-state index in [1.54, 1.807) is 24.3 Å². The second kappa shape index (κ2) is 12.3. The highest BCUT2D eigenvalue weighted by Gasteiger charge is 2.62. The summed E-state index contributed by atoms with van der Waals surface area (Å²) in [6.07, 6.45) is 11.4. The molecule has 10 atom stereocenters. The Balaban J connectivity index is 1.00. The van der Waals surface area contributed by atoms with Gasteiger partial charge < -0.3 is 29.9 Å². The minimum Gasteiger partial charge on any atom is -0.490 e. The van der Waals surface area contributed by atoms with Crippen molar-refractivity contribution in [1.82, 2.24) is 4.90 Å². The molecule has 1 aromatic carbocycles. The van der Waals surface area contributed by atoms with Crippen molar-refractivity contribution in [2.75, 3.05) is 13.1 Å². The van der Waals surface area contributed by atoms with Crippen LogP contribution in [0.25, 0.3) is 0 Å². The van der Waals surface area contributed by atoms with Crippen molar-refractivity contribution in [3.63, 3.8) is 0 Å². The molecule has 5 aliphatic rings. The standard InChI is InChI=1S/C35H54BNO6/c1-22(4-11-32(40)37-18-14-27(15-19-37)43-26-7-5-24(6-8-26)36(41)42)28-9-10-29-33-30(13-17-35(28,29)3)34(2)16-12-25(38)20-23(34)21-31(33)39/h5-8,22-23,25,27-31,33,38-39,41-42H,4,9-21H2,1-3H3/t22-,23?,25-,28?,29?,30?,31?,33?,34+,35-/m1/s1. The van der Waals surface area contributed by atoms with Gasteiger partial charge in [-0.05, 0) is 122 Å². The molecule has 1 heterocycles. The van der Waals surface area contributed by atoms with Crippen molar-refractivity contribution < 1.29 is 29.8 Å². The highest BCUT2D eigenvalue weighted by atomic mass is 16.5. The first-order valence-electron chi connectivity index (χ1n) is 17.3. The van der Waals surface area contributed by atoms with E-state index >= 15 is 0 Å². The first-order valence-corrected chi connectivity index (χ1v) is 17.3. The van der Waals surface area contributed by atoms with Crippen molar-refractivity contribution in [3.8, 4) is 5.75 Å². The Labute approximate surface area is 258 Å². The second-order valence-corrected chi connectivity index (χ2v) is 15.6. The summed E-state index contributed by atoms with van der Waals surface area (Å²) >= 11 is 0. The average molecular weight is 596 g/mol. The lowest BCUT2D eigenvalue weighted by molar-refractivity contribution is -0.174. The highest BCUT2D eigenvalue weighted by Crippen LogP contribution is 2.68. The molecule has 7 nitrogen and oxygen atoms in total. The molecule has 0 spiro atoms. The molecule has 4 N–H and O–H groups in total. The topological polar surface area (TPSA) is 110 Å². The Kier molecular flexibility index (Phi) is 8.98. The number of hydrogen-bond acceptors (Lipinski definition) is 6. The van der Waals surface area contributed by atoms with Crippen molar-refractivity contribution >= 4 is 18.5 Å². The first-order chi connectivity index (χ1) is 20.5. The van der Waals surface area contributed by atoms with E-state index in [0.717, 1.165) is 44.9 Å². The van der Waals surface area contributed by atoms with Crippen LogP contribution in [-0.2, 0) is 4.79 Å². The predicted octanol–water partition coefficient (Wildman–Crippen LogP) is 4.14. The van der Waals surface area contributed by atoms with Crippen LogP contribution in [0.4, 0.5) is 0 Å². The molecule has 4 saturated carbocycles. The van der Waals surface area contributed by atoms with Crippen LogP contribution in [0, 0.1) is 46.3 Å². The molecule has 0 bridgehead atoms. The van der Waals surface area contributed by atoms with Gasteiger partial charge >= 0.3 is 7.12 Å². The van der Waals surface area contributed by atoms with Gasteiger partial charge in [0.05, 0.1) is 12.2 Å². The molecule has 238 valence electrons. The van der Waals surface area contributed by atoms with Gasteiger partial charge in [0.15, 0.2) is 0 Å². The number of aliphatic hydroxyl groups excluding tert-OH is 2. The van der Waals surface area contributed by atoms with Crippen LogP contribution < -0.4 is 10.2 Å². The number of rotatable bonds is 7. The number of carbonyl (C=O) groups is 1. The maximum absolute atomic E-state index is 13.3. The number of amides is 1. The molecule has 1 saturated heterocycles. The molecule has 0 aromatic heterocycles. The average Bonchev–Trinajstić information content (AvgIpc) is 3.34. The molecule has 8 heteroatoms. The number of hydrogen-bond donors (Lipinski definition) is 4. The zero-order chi connectivity index (χ0) is 30.5. The largest absolute Gasteiger partial charge is 0.490 e. The molecule has 43 heavy (non-hydrogen) atoms. The molecule has 4 aliphatic carbocycles. The van der Waals surface area contributed by atoms with E-state index in [9.17, 15) is 25.1 Å². The van der Waals surface area contributed by atoms with E-state index in [2.05, 4.69) is 20.8 Å². The van der Waals surface area contributed by atoms with E-state index in [1.165, 1.54) is 25.7 Å². The van der Waals surface area contributed by atoms with E-state index in [-0.39, 0.29) is 35.0 Å². The van der Waals surface area contributed by atoms with Crippen LogP contribution in [0.5, 0.6) is 5.75 Å². The number of likely N-dealkylation sites (tertiary alicyclic amines) is 1. The molecule has 1 aliphatic heterocycles. The summed E-state index contributed by atoms with van der Waals surface area (Å²) < 4.78 is 6.10. The lowest BCUT2D eigenvalue weighted by atomic mass is 9.43. The van der Waals surface area contributed by atoms with E-state index in [0.29, 0.717) is 66.2 Å². The SMILES string of the molecule is C[C@H](CCC(=O)N1CCC(Oc2ccc(B(O)O)cc2)CC1)C1CCC2C3C(O)CC4C[C@H](O)CC[C@]4(C)C3CC[C@@]21C. The Morgan fingerprint density at radius 1 is 0.953 bits per heavy atom. The number of nitrogens with zero attached hydrogens (tertiary/aromatic N) is 1. The zero-order valence-corrected chi connectivity index (χ0v) is 26.5. The van der Waals surface area contributed by atoms with Gasteiger partial charge in [0.1, 0.15) is 11.9 Å². The second-order valence-electron chi connectivity index (χ2n) is 15.6. The van der Waals surface area contributed by atoms with Gasteiger partial charge in [-0.1, -0.05) is 32.9 Å². The van der Waals surface area contributed by atoms with Gasteiger partial charge in [-0.25, -0.2) is 0 Å². The lowest BCUT2D eigenvalue weighted by Gasteiger charge is -2.62. The minimum atomic E-state index is -1.48. The van der Waals surface area contributed by atoms with Crippen LogP contribution in [0.1, 0.15) is 97.8 Å². The monoisotopic (exact) mass is 595 g/mol. The number of carbonyl (C=O) groups excluding carboxylic acids is 1. The molecular weight excluding hydrogens is 541 g/mol. The van der Waals surface area contributed by atoms with E-state index in [4.69, 9.17) is 4.74 Å². The van der Waals surface area contributed by atoms with Gasteiger partial charge in [0.2, 0.25) is 5.91 Å². The molecule has 1 amide bonds. The molecule has 5 fully saturated rings. The summed E-state index contributed by atoms with van der Waals surface area (Å²) in [5.41, 5.74) is 0.940. The lowest BCUT2D eigenvalue weighted by Crippen LogP contribution is -2.58. The van der Waals surface area contributed by atoms with Gasteiger partial charge in [0.25, 0.3) is 0 Å². The van der Waals surface area contributed by atoms with E-state index in [1.807, 2.05) is 4.90 Å². The third-order valence-corrected chi connectivity index (χ3v) is 13.5. The third kappa shape index (κ3) is 5.91. The fourth-order valence-corrected chi connectivity index (χ4v) is 11.0. The van der Waals surface area contributed by atoms with Gasteiger partial charge in [-0.15, -0.1) is 0 Å². The quantitative estimate of drug-likeness (QED) is 0.353. The summed E-state index contributed by atoms with van der Waals surface area (Å²) in [7, 11) is -1.48. The highest BCUT2D eigenvalue weighted by molar-refractivity contribution is 6.58. The Bertz CT molecular complexity index is 1120. The van der Waals surface area contributed by atoms with E-state index < -0.39 is 7.12 Å². The van der Waals surface area contributed by atoms with Gasteiger partial charge in [-0.2, -0.15) is 0 Å². The van der Waals surface area contributed by atoms with Crippen LogP contribution in [0.15, 0.2) is 24.3 Å². The maximum Gasteiger partial charge on any atom is 0.488 e. The molecular formula is C35H54BNO6. The molecule has 6 unspecified atom stereocenters. The number of piperidine rings is 1. The smallest absolute Gasteiger partial charge is 0.488 e. The van der Waals surface area contributed by atoms with Crippen LogP contribution in [0.3, 0.4) is 0 Å². The number of benzene rings is 1. The summed E-state index contributed by atoms with van der Waals surface area (Å²) in [6.45, 7) is 8.79. The molecule has 6 rings (SSSR count). The number of ether oxygens (including phenoxy) is 1.